The number of benzene rings is 1. The molecule has 0 aliphatic heterocycles. The van der Waals surface area contributed by atoms with Gasteiger partial charge in [-0.25, -0.2) is 0 Å². The number of hydrogen-bond acceptors (Lipinski definition) is 2. The van der Waals surface area contributed by atoms with Crippen molar-refractivity contribution in [1.29, 1.82) is 0 Å². The first-order valence-electron chi connectivity index (χ1n) is 6.19. The van der Waals surface area contributed by atoms with Crippen LogP contribution in [0.25, 0.3) is 0 Å². The maximum atomic E-state index is 10.7. The maximum absolute atomic E-state index is 10.7. The van der Waals surface area contributed by atoms with Crippen LogP contribution >= 0.6 is 0 Å². The largest absolute Gasteiger partial charge is 0.388 e. The lowest BCUT2D eigenvalue weighted by Gasteiger charge is -2.40. The van der Waals surface area contributed by atoms with E-state index < -0.39 is 5.60 Å². The van der Waals surface area contributed by atoms with Gasteiger partial charge in [0, 0.05) is 13.0 Å². The molecule has 2 nitrogen and oxygen atoms in total. The third-order valence-electron chi connectivity index (χ3n) is 3.85. The van der Waals surface area contributed by atoms with Gasteiger partial charge in [0.15, 0.2) is 0 Å². The molecule has 0 spiro atoms. The zero-order chi connectivity index (χ0) is 13.3. The van der Waals surface area contributed by atoms with E-state index in [-0.39, 0.29) is 12.0 Å². The second-order valence-corrected chi connectivity index (χ2v) is 6.03. The molecule has 0 aromatic heterocycles. The lowest BCUT2D eigenvalue weighted by atomic mass is 9.72. The van der Waals surface area contributed by atoms with E-state index in [0.717, 1.165) is 0 Å². The summed E-state index contributed by atoms with van der Waals surface area (Å²) in [5.74, 6) is 0. The SMILES string of the molecule is Cc1cccc(C)c1CC(O)(CN)C(C)(C)C. The molecule has 96 valence electrons. The lowest BCUT2D eigenvalue weighted by Crippen LogP contribution is -2.51. The van der Waals surface area contributed by atoms with Gasteiger partial charge < -0.3 is 10.8 Å². The fraction of sp³-hybridized carbons (Fsp3) is 0.600. The second kappa shape index (κ2) is 4.79. The molecule has 0 saturated carbocycles. The third-order valence-corrected chi connectivity index (χ3v) is 3.85. The van der Waals surface area contributed by atoms with Crippen molar-refractivity contribution in [3.63, 3.8) is 0 Å². The smallest absolute Gasteiger partial charge is 0.0857 e. The minimum atomic E-state index is -0.857. The minimum Gasteiger partial charge on any atom is -0.388 e. The summed E-state index contributed by atoms with van der Waals surface area (Å²) in [7, 11) is 0. The van der Waals surface area contributed by atoms with Gasteiger partial charge in [0.1, 0.15) is 0 Å². The molecule has 0 fully saturated rings. The Hall–Kier alpha value is -0.860. The van der Waals surface area contributed by atoms with Crippen LogP contribution in [0.5, 0.6) is 0 Å². The molecule has 1 unspecified atom stereocenters. The Morgan fingerprint density at radius 2 is 1.59 bits per heavy atom. The standard InChI is InChI=1S/C15H25NO/c1-11-7-6-8-12(2)13(11)9-15(17,10-16)14(3,4)5/h6-8,17H,9-10,16H2,1-5H3. The molecule has 0 aliphatic rings. The van der Waals surface area contributed by atoms with Crippen molar-refractivity contribution < 1.29 is 5.11 Å². The Morgan fingerprint density at radius 3 is 1.94 bits per heavy atom. The van der Waals surface area contributed by atoms with Gasteiger partial charge in [-0.05, 0) is 36.0 Å². The summed E-state index contributed by atoms with van der Waals surface area (Å²) < 4.78 is 0. The fourth-order valence-corrected chi connectivity index (χ4v) is 2.06. The highest BCUT2D eigenvalue weighted by molar-refractivity contribution is 5.35. The predicted octanol–water partition coefficient (Wildman–Crippen LogP) is 2.58. The molecule has 2 heteroatoms. The van der Waals surface area contributed by atoms with Crippen molar-refractivity contribution >= 4 is 0 Å². The average Bonchev–Trinajstić information content (AvgIpc) is 2.22. The summed E-state index contributed by atoms with van der Waals surface area (Å²) in [6.45, 7) is 10.6. The molecule has 0 amide bonds. The van der Waals surface area contributed by atoms with Crippen LogP contribution < -0.4 is 5.73 Å². The number of aryl methyl sites for hydroxylation is 2. The van der Waals surface area contributed by atoms with E-state index in [4.69, 9.17) is 5.73 Å². The van der Waals surface area contributed by atoms with E-state index in [1.807, 2.05) is 26.8 Å². The Kier molecular flexibility index (Phi) is 4.00. The summed E-state index contributed by atoms with van der Waals surface area (Å²) >= 11 is 0. The molecule has 0 radical (unpaired) electrons. The summed E-state index contributed by atoms with van der Waals surface area (Å²) in [6, 6.07) is 6.22. The second-order valence-electron chi connectivity index (χ2n) is 6.03. The van der Waals surface area contributed by atoms with Gasteiger partial charge in [-0.3, -0.25) is 0 Å². The van der Waals surface area contributed by atoms with Crippen LogP contribution in [-0.4, -0.2) is 17.3 Å². The van der Waals surface area contributed by atoms with E-state index >= 15 is 0 Å². The molecule has 1 atom stereocenters. The first-order chi connectivity index (χ1) is 7.71. The van der Waals surface area contributed by atoms with Gasteiger partial charge in [-0.15, -0.1) is 0 Å². The highest BCUT2D eigenvalue weighted by Gasteiger charge is 2.39. The zero-order valence-electron chi connectivity index (χ0n) is 11.7. The molecular formula is C15H25NO. The highest BCUT2D eigenvalue weighted by atomic mass is 16.3. The maximum Gasteiger partial charge on any atom is 0.0857 e. The van der Waals surface area contributed by atoms with Crippen molar-refractivity contribution in [2.24, 2.45) is 11.1 Å². The van der Waals surface area contributed by atoms with Crippen molar-refractivity contribution in [2.75, 3.05) is 6.54 Å². The Labute approximate surface area is 105 Å². The first kappa shape index (κ1) is 14.2. The van der Waals surface area contributed by atoms with Crippen LogP contribution in [0.4, 0.5) is 0 Å². The summed E-state index contributed by atoms with van der Waals surface area (Å²) in [5.41, 5.74) is 8.37. The Balaban J connectivity index is 3.12. The van der Waals surface area contributed by atoms with Crippen LogP contribution in [0.3, 0.4) is 0 Å². The molecule has 0 saturated heterocycles. The van der Waals surface area contributed by atoms with Crippen LogP contribution in [0.15, 0.2) is 18.2 Å². The van der Waals surface area contributed by atoms with E-state index in [1.165, 1.54) is 16.7 Å². The van der Waals surface area contributed by atoms with Gasteiger partial charge >= 0.3 is 0 Å². The summed E-state index contributed by atoms with van der Waals surface area (Å²) in [6.07, 6.45) is 0.617. The van der Waals surface area contributed by atoms with Gasteiger partial charge in [0.05, 0.1) is 5.60 Å². The third kappa shape index (κ3) is 2.88. The van der Waals surface area contributed by atoms with Crippen LogP contribution in [0.2, 0.25) is 0 Å². The van der Waals surface area contributed by atoms with E-state index in [2.05, 4.69) is 26.0 Å². The monoisotopic (exact) mass is 235 g/mol. The molecule has 3 N–H and O–H groups in total. The topological polar surface area (TPSA) is 46.2 Å². The van der Waals surface area contributed by atoms with Crippen LogP contribution in [0.1, 0.15) is 37.5 Å². The normalized spacial score (nSPS) is 15.7. The fourth-order valence-electron chi connectivity index (χ4n) is 2.06. The van der Waals surface area contributed by atoms with Gasteiger partial charge in [-0.2, -0.15) is 0 Å². The van der Waals surface area contributed by atoms with Crippen molar-refractivity contribution in [2.45, 2.75) is 46.6 Å². The van der Waals surface area contributed by atoms with Crippen molar-refractivity contribution in [1.82, 2.24) is 0 Å². The van der Waals surface area contributed by atoms with Crippen molar-refractivity contribution in [3.05, 3.63) is 34.9 Å². The first-order valence-corrected chi connectivity index (χ1v) is 6.19. The summed E-state index contributed by atoms with van der Waals surface area (Å²) in [5, 5.41) is 10.7. The Bertz CT molecular complexity index is 372. The molecule has 0 aliphatic carbocycles. The molecule has 1 aromatic carbocycles. The molecular weight excluding hydrogens is 210 g/mol. The van der Waals surface area contributed by atoms with Crippen molar-refractivity contribution in [3.8, 4) is 0 Å². The molecule has 1 aromatic rings. The number of hydrogen-bond donors (Lipinski definition) is 2. The molecule has 1 rings (SSSR count). The number of rotatable bonds is 3. The van der Waals surface area contributed by atoms with Gasteiger partial charge in [-0.1, -0.05) is 39.0 Å². The van der Waals surface area contributed by atoms with Crippen LogP contribution in [0, 0.1) is 19.3 Å². The summed E-state index contributed by atoms with van der Waals surface area (Å²) in [4.78, 5) is 0. The quantitative estimate of drug-likeness (QED) is 0.846. The van der Waals surface area contributed by atoms with E-state index in [0.29, 0.717) is 6.42 Å². The zero-order valence-corrected chi connectivity index (χ0v) is 11.7. The van der Waals surface area contributed by atoms with Crippen LogP contribution in [-0.2, 0) is 6.42 Å². The highest BCUT2D eigenvalue weighted by Crippen LogP contribution is 2.34. The number of nitrogens with two attached hydrogens (primary N) is 1. The van der Waals surface area contributed by atoms with E-state index in [9.17, 15) is 5.11 Å². The predicted molar refractivity (Wildman–Crippen MR) is 73.1 cm³/mol. The molecule has 17 heavy (non-hydrogen) atoms. The lowest BCUT2D eigenvalue weighted by molar-refractivity contribution is -0.0492. The number of aliphatic hydroxyl groups is 1. The molecule has 0 bridgehead atoms. The Morgan fingerprint density at radius 1 is 1.12 bits per heavy atom. The van der Waals surface area contributed by atoms with Gasteiger partial charge in [0.2, 0.25) is 0 Å². The minimum absolute atomic E-state index is 0.226. The molecule has 0 heterocycles. The van der Waals surface area contributed by atoms with Gasteiger partial charge in [0.25, 0.3) is 0 Å². The average molecular weight is 235 g/mol. The van der Waals surface area contributed by atoms with E-state index in [1.54, 1.807) is 0 Å².